The van der Waals surface area contributed by atoms with Crippen molar-refractivity contribution in [3.8, 4) is 22.8 Å². The molecule has 1 aliphatic heterocycles. The SMILES string of the molecule is OCCc1cc(-c2cc(Br)c3c(c2)OCCCO3)no1. The molecule has 0 atom stereocenters. The number of ether oxygens (including phenoxy) is 2. The highest BCUT2D eigenvalue weighted by Crippen LogP contribution is 2.40. The zero-order chi connectivity index (χ0) is 13.9. The first-order valence-electron chi connectivity index (χ1n) is 6.44. The lowest BCUT2D eigenvalue weighted by atomic mass is 10.1. The van der Waals surface area contributed by atoms with Gasteiger partial charge in [0.25, 0.3) is 0 Å². The molecule has 0 radical (unpaired) electrons. The summed E-state index contributed by atoms with van der Waals surface area (Å²) in [5.41, 5.74) is 1.60. The summed E-state index contributed by atoms with van der Waals surface area (Å²) < 4.78 is 17.4. The lowest BCUT2D eigenvalue weighted by molar-refractivity contribution is 0.277. The van der Waals surface area contributed by atoms with Crippen LogP contribution < -0.4 is 9.47 Å². The van der Waals surface area contributed by atoms with E-state index in [1.807, 2.05) is 18.2 Å². The first-order valence-corrected chi connectivity index (χ1v) is 7.23. The first-order chi connectivity index (χ1) is 9.78. The second-order valence-electron chi connectivity index (χ2n) is 4.49. The van der Waals surface area contributed by atoms with Crippen molar-refractivity contribution in [1.29, 1.82) is 0 Å². The van der Waals surface area contributed by atoms with Crippen LogP contribution in [0.4, 0.5) is 0 Å². The summed E-state index contributed by atoms with van der Waals surface area (Å²) in [6, 6.07) is 5.64. The lowest BCUT2D eigenvalue weighted by Crippen LogP contribution is -1.97. The van der Waals surface area contributed by atoms with Crippen molar-refractivity contribution < 1.29 is 19.1 Å². The van der Waals surface area contributed by atoms with Crippen LogP contribution in [0, 0.1) is 0 Å². The van der Waals surface area contributed by atoms with E-state index in [0.29, 0.717) is 36.8 Å². The molecule has 0 spiro atoms. The predicted octanol–water partition coefficient (Wildman–Crippen LogP) is 2.80. The van der Waals surface area contributed by atoms with Gasteiger partial charge in [0.15, 0.2) is 11.5 Å². The average molecular weight is 340 g/mol. The molecule has 106 valence electrons. The Balaban J connectivity index is 1.97. The van der Waals surface area contributed by atoms with Crippen LogP contribution in [0.25, 0.3) is 11.3 Å². The Labute approximate surface area is 124 Å². The summed E-state index contributed by atoms with van der Waals surface area (Å²) >= 11 is 3.50. The summed E-state index contributed by atoms with van der Waals surface area (Å²) in [6.07, 6.45) is 1.32. The van der Waals surface area contributed by atoms with Gasteiger partial charge in [0.05, 0.1) is 24.3 Å². The third-order valence-electron chi connectivity index (χ3n) is 3.02. The van der Waals surface area contributed by atoms with Gasteiger partial charge in [-0.2, -0.15) is 0 Å². The van der Waals surface area contributed by atoms with Gasteiger partial charge < -0.3 is 19.1 Å². The third kappa shape index (κ3) is 2.66. The van der Waals surface area contributed by atoms with E-state index in [-0.39, 0.29) is 6.61 Å². The highest BCUT2D eigenvalue weighted by molar-refractivity contribution is 9.10. The molecule has 20 heavy (non-hydrogen) atoms. The monoisotopic (exact) mass is 339 g/mol. The van der Waals surface area contributed by atoms with Gasteiger partial charge in [-0.3, -0.25) is 0 Å². The molecule has 0 saturated carbocycles. The fourth-order valence-electron chi connectivity index (χ4n) is 2.06. The summed E-state index contributed by atoms with van der Waals surface area (Å²) in [4.78, 5) is 0. The standard InChI is InChI=1S/C14H14BrNO4/c15-11-6-9(12-8-10(2-3-17)20-16-12)7-13-14(11)19-5-1-4-18-13/h6-8,17H,1-5H2. The number of aliphatic hydroxyl groups is 1. The molecule has 1 aromatic carbocycles. The molecule has 2 heterocycles. The van der Waals surface area contributed by atoms with Crippen molar-refractivity contribution in [2.75, 3.05) is 19.8 Å². The van der Waals surface area contributed by atoms with E-state index in [2.05, 4.69) is 21.1 Å². The molecule has 0 aliphatic carbocycles. The van der Waals surface area contributed by atoms with E-state index in [1.54, 1.807) is 0 Å². The van der Waals surface area contributed by atoms with Crippen LogP contribution in [-0.2, 0) is 6.42 Å². The van der Waals surface area contributed by atoms with Gasteiger partial charge in [-0.25, -0.2) is 0 Å². The number of rotatable bonds is 3. The normalized spacial score (nSPS) is 14.1. The van der Waals surface area contributed by atoms with Gasteiger partial charge in [-0.15, -0.1) is 0 Å². The van der Waals surface area contributed by atoms with Crippen LogP contribution in [0.15, 0.2) is 27.2 Å². The van der Waals surface area contributed by atoms with Gasteiger partial charge in [0, 0.05) is 24.5 Å². The highest BCUT2D eigenvalue weighted by atomic mass is 79.9. The van der Waals surface area contributed by atoms with Crippen LogP contribution in [-0.4, -0.2) is 30.1 Å². The second kappa shape index (κ2) is 5.85. The summed E-state index contributed by atoms with van der Waals surface area (Å²) in [5, 5.41) is 12.9. The Morgan fingerprint density at radius 3 is 2.90 bits per heavy atom. The van der Waals surface area contributed by atoms with Crippen LogP contribution in [0.3, 0.4) is 0 Å². The fourth-order valence-corrected chi connectivity index (χ4v) is 2.61. The van der Waals surface area contributed by atoms with Crippen molar-refractivity contribution >= 4 is 15.9 Å². The number of aliphatic hydroxyl groups excluding tert-OH is 1. The Hall–Kier alpha value is -1.53. The summed E-state index contributed by atoms with van der Waals surface area (Å²) in [7, 11) is 0. The summed E-state index contributed by atoms with van der Waals surface area (Å²) in [6.45, 7) is 1.33. The van der Waals surface area contributed by atoms with Crippen molar-refractivity contribution in [1.82, 2.24) is 5.16 Å². The van der Waals surface area contributed by atoms with E-state index in [4.69, 9.17) is 19.1 Å². The van der Waals surface area contributed by atoms with E-state index >= 15 is 0 Å². The van der Waals surface area contributed by atoms with Crippen molar-refractivity contribution in [3.63, 3.8) is 0 Å². The molecule has 0 fully saturated rings. The minimum atomic E-state index is 0.0411. The Morgan fingerprint density at radius 1 is 1.20 bits per heavy atom. The molecule has 1 N–H and O–H groups in total. The number of fused-ring (bicyclic) bond motifs is 1. The predicted molar refractivity (Wildman–Crippen MR) is 76.0 cm³/mol. The number of halogens is 1. The average Bonchev–Trinajstić information content (AvgIpc) is 2.76. The zero-order valence-corrected chi connectivity index (χ0v) is 12.4. The first kappa shape index (κ1) is 13.5. The molecule has 5 nitrogen and oxygen atoms in total. The van der Waals surface area contributed by atoms with Crippen LogP contribution in [0.5, 0.6) is 11.5 Å². The van der Waals surface area contributed by atoms with Gasteiger partial charge in [-0.1, -0.05) is 5.16 Å². The fraction of sp³-hybridized carbons (Fsp3) is 0.357. The third-order valence-corrected chi connectivity index (χ3v) is 3.60. The van der Waals surface area contributed by atoms with Crippen LogP contribution in [0.2, 0.25) is 0 Å². The quantitative estimate of drug-likeness (QED) is 0.931. The molecule has 0 saturated heterocycles. The minimum absolute atomic E-state index is 0.0411. The van der Waals surface area contributed by atoms with Gasteiger partial charge in [-0.05, 0) is 28.1 Å². The van der Waals surface area contributed by atoms with Crippen molar-refractivity contribution in [2.24, 2.45) is 0 Å². The number of benzene rings is 1. The Morgan fingerprint density at radius 2 is 2.05 bits per heavy atom. The number of nitrogens with zero attached hydrogens (tertiary/aromatic N) is 1. The summed E-state index contributed by atoms with van der Waals surface area (Å²) in [5.74, 6) is 2.09. The molecule has 1 aliphatic rings. The number of hydrogen-bond acceptors (Lipinski definition) is 5. The molecule has 3 rings (SSSR count). The molecule has 0 amide bonds. The zero-order valence-electron chi connectivity index (χ0n) is 10.8. The van der Waals surface area contributed by atoms with Gasteiger partial charge in [0.1, 0.15) is 11.5 Å². The van der Waals surface area contributed by atoms with Crippen LogP contribution >= 0.6 is 15.9 Å². The maximum atomic E-state index is 8.90. The van der Waals surface area contributed by atoms with Gasteiger partial charge in [0.2, 0.25) is 0 Å². The topological polar surface area (TPSA) is 64.7 Å². The molecule has 0 unspecified atom stereocenters. The minimum Gasteiger partial charge on any atom is -0.489 e. The van der Waals surface area contributed by atoms with E-state index < -0.39 is 0 Å². The maximum absolute atomic E-state index is 8.90. The lowest BCUT2D eigenvalue weighted by Gasteiger charge is -2.10. The Kier molecular flexibility index (Phi) is 3.93. The molecular weight excluding hydrogens is 326 g/mol. The van der Waals surface area contributed by atoms with Crippen LogP contribution in [0.1, 0.15) is 12.2 Å². The highest BCUT2D eigenvalue weighted by Gasteiger charge is 2.17. The van der Waals surface area contributed by atoms with E-state index in [1.165, 1.54) is 0 Å². The molecular formula is C14H14BrNO4. The molecule has 2 aromatic rings. The number of hydrogen-bond donors (Lipinski definition) is 1. The Bertz CT molecular complexity index is 611. The second-order valence-corrected chi connectivity index (χ2v) is 5.34. The van der Waals surface area contributed by atoms with Crippen molar-refractivity contribution in [3.05, 3.63) is 28.4 Å². The smallest absolute Gasteiger partial charge is 0.175 e. The van der Waals surface area contributed by atoms with Gasteiger partial charge >= 0.3 is 0 Å². The molecule has 0 bridgehead atoms. The van der Waals surface area contributed by atoms with Crippen molar-refractivity contribution in [2.45, 2.75) is 12.8 Å². The number of aromatic nitrogens is 1. The largest absolute Gasteiger partial charge is 0.489 e. The van der Waals surface area contributed by atoms with E-state index in [0.717, 1.165) is 22.2 Å². The van der Waals surface area contributed by atoms with E-state index in [9.17, 15) is 0 Å². The molecule has 1 aromatic heterocycles. The maximum Gasteiger partial charge on any atom is 0.175 e. The molecule has 6 heteroatoms.